The van der Waals surface area contributed by atoms with Gasteiger partial charge in [0.1, 0.15) is 42.6 Å². The number of aliphatic hydroxyl groups is 1. The van der Waals surface area contributed by atoms with Crippen LogP contribution in [-0.2, 0) is 24.6 Å². The number of halogens is 2. The van der Waals surface area contributed by atoms with Crippen LogP contribution in [-0.4, -0.2) is 75.4 Å². The van der Waals surface area contributed by atoms with E-state index in [1.807, 2.05) is 55.1 Å². The number of β-amino-alcohol motifs (C(OH)–C–C–N with tert-alkyl or cyclic N) is 1. The fraction of sp³-hybridized carbons (Fsp3) is 0.405. The molecule has 0 saturated carbocycles. The molecule has 3 unspecified atom stereocenters. The maximum absolute atomic E-state index is 12.1. The Morgan fingerprint density at radius 1 is 0.981 bits per heavy atom. The number of likely N-dealkylation sites (tertiary alicyclic amines) is 2. The van der Waals surface area contributed by atoms with E-state index in [-0.39, 0.29) is 25.4 Å². The molecule has 12 heteroatoms. The molecular formula is C42H46Cl2N4O6. The SMILES string of the molecule is Cc1c(COc2cc(OCc3cncc(C#N)c3)c(CN3CCCCC3C(=O)O)cc2Cl)cccc1-c1cccc(OC(C)CCN2CCC(O)C2)c1Cl. The van der Waals surface area contributed by atoms with Crippen molar-refractivity contribution in [3.8, 4) is 34.4 Å². The third kappa shape index (κ3) is 9.83. The molecule has 0 bridgehead atoms. The second-order valence-electron chi connectivity index (χ2n) is 14.1. The molecular weight excluding hydrogens is 727 g/mol. The minimum absolute atomic E-state index is 0.0563. The first-order valence-corrected chi connectivity index (χ1v) is 19.2. The third-order valence-corrected chi connectivity index (χ3v) is 10.9. The molecule has 3 atom stereocenters. The molecule has 2 fully saturated rings. The molecule has 3 aromatic carbocycles. The number of aliphatic carboxylic acids is 1. The molecule has 0 aliphatic carbocycles. The van der Waals surface area contributed by atoms with Gasteiger partial charge < -0.3 is 29.3 Å². The third-order valence-electron chi connectivity index (χ3n) is 10.2. The van der Waals surface area contributed by atoms with Crippen molar-refractivity contribution >= 4 is 29.2 Å². The second kappa shape index (κ2) is 18.3. The van der Waals surface area contributed by atoms with E-state index in [1.165, 1.54) is 6.20 Å². The minimum atomic E-state index is -0.842. The first-order chi connectivity index (χ1) is 26.1. The highest BCUT2D eigenvalue weighted by Gasteiger charge is 2.29. The largest absolute Gasteiger partial charge is 0.489 e. The molecule has 6 rings (SSSR count). The van der Waals surface area contributed by atoms with Crippen molar-refractivity contribution in [1.29, 1.82) is 5.26 Å². The number of hydrogen-bond acceptors (Lipinski definition) is 9. The molecule has 0 amide bonds. The van der Waals surface area contributed by atoms with Crippen LogP contribution >= 0.6 is 23.2 Å². The Morgan fingerprint density at radius 3 is 2.56 bits per heavy atom. The number of nitrogens with zero attached hydrogens (tertiary/aromatic N) is 4. The Balaban J connectivity index is 1.19. The first-order valence-electron chi connectivity index (χ1n) is 18.4. The van der Waals surface area contributed by atoms with Gasteiger partial charge in [-0.1, -0.05) is 60.0 Å². The van der Waals surface area contributed by atoms with Crippen LogP contribution in [0.25, 0.3) is 11.1 Å². The average Bonchev–Trinajstić information content (AvgIpc) is 3.59. The second-order valence-corrected chi connectivity index (χ2v) is 14.9. The van der Waals surface area contributed by atoms with Gasteiger partial charge in [-0.15, -0.1) is 0 Å². The fourth-order valence-corrected chi connectivity index (χ4v) is 7.68. The molecule has 1 aromatic heterocycles. The molecule has 2 saturated heterocycles. The Kier molecular flexibility index (Phi) is 13.3. The normalized spacial score (nSPS) is 18.2. The highest BCUT2D eigenvalue weighted by Crippen LogP contribution is 2.39. The molecule has 4 aromatic rings. The lowest BCUT2D eigenvalue weighted by molar-refractivity contribution is -0.144. The molecule has 2 N–H and O–H groups in total. The number of nitriles is 1. The van der Waals surface area contributed by atoms with Crippen LogP contribution in [0.3, 0.4) is 0 Å². The van der Waals surface area contributed by atoms with Gasteiger partial charge in [0.2, 0.25) is 0 Å². The average molecular weight is 774 g/mol. The van der Waals surface area contributed by atoms with Gasteiger partial charge in [-0.2, -0.15) is 5.26 Å². The smallest absolute Gasteiger partial charge is 0.320 e. The number of carboxylic acid groups (broad SMARTS) is 1. The van der Waals surface area contributed by atoms with Crippen LogP contribution in [0.4, 0.5) is 0 Å². The van der Waals surface area contributed by atoms with E-state index >= 15 is 0 Å². The monoisotopic (exact) mass is 772 g/mol. The lowest BCUT2D eigenvalue weighted by Gasteiger charge is -2.33. The number of piperidine rings is 1. The van der Waals surface area contributed by atoms with E-state index in [4.69, 9.17) is 37.4 Å². The predicted molar refractivity (Wildman–Crippen MR) is 208 cm³/mol. The van der Waals surface area contributed by atoms with Crippen molar-refractivity contribution < 1.29 is 29.2 Å². The van der Waals surface area contributed by atoms with E-state index in [9.17, 15) is 20.3 Å². The summed E-state index contributed by atoms with van der Waals surface area (Å²) in [5, 5.41) is 30.0. The lowest BCUT2D eigenvalue weighted by Crippen LogP contribution is -2.44. The Labute approximate surface area is 326 Å². The molecule has 2 aliphatic rings. The molecule has 54 heavy (non-hydrogen) atoms. The quantitative estimate of drug-likeness (QED) is 0.123. The highest BCUT2D eigenvalue weighted by atomic mass is 35.5. The van der Waals surface area contributed by atoms with Crippen LogP contribution in [0.5, 0.6) is 17.2 Å². The van der Waals surface area contributed by atoms with Gasteiger partial charge in [0.25, 0.3) is 0 Å². The van der Waals surface area contributed by atoms with Crippen molar-refractivity contribution in [3.63, 3.8) is 0 Å². The van der Waals surface area contributed by atoms with Crippen molar-refractivity contribution in [2.45, 2.75) is 84.0 Å². The minimum Gasteiger partial charge on any atom is -0.489 e. The predicted octanol–water partition coefficient (Wildman–Crippen LogP) is 8.06. The number of pyridine rings is 1. The van der Waals surface area contributed by atoms with Gasteiger partial charge in [0.15, 0.2) is 0 Å². The van der Waals surface area contributed by atoms with Crippen molar-refractivity contribution in [2.75, 3.05) is 26.2 Å². The van der Waals surface area contributed by atoms with Crippen molar-refractivity contribution in [1.82, 2.24) is 14.8 Å². The molecule has 284 valence electrons. The summed E-state index contributed by atoms with van der Waals surface area (Å²) >= 11 is 13.8. The molecule has 0 radical (unpaired) electrons. The standard InChI is InChI=1S/C42H46Cl2N4O6/c1-27(12-15-47-16-13-33(49)24-47)54-38-11-6-9-35(41(38)44)34-8-5-7-31(28(34)2)26-53-40-19-39(52-25-30-17-29(20-45)21-46-22-30)32(18-36(40)43)23-48-14-4-3-10-37(48)42(50)51/h5-9,11,17-19,21-22,27,33,37,49H,3-4,10,12-16,23-26H2,1-2H3,(H,50,51). The summed E-state index contributed by atoms with van der Waals surface area (Å²) < 4.78 is 19.0. The lowest BCUT2D eigenvalue weighted by atomic mass is 9.96. The maximum Gasteiger partial charge on any atom is 0.320 e. The summed E-state index contributed by atoms with van der Waals surface area (Å²) in [4.78, 5) is 20.4. The number of hydrogen-bond donors (Lipinski definition) is 2. The molecule has 2 aliphatic heterocycles. The number of carboxylic acids is 1. The van der Waals surface area contributed by atoms with Crippen LogP contribution in [0, 0.1) is 18.3 Å². The zero-order valence-electron chi connectivity index (χ0n) is 30.6. The number of ether oxygens (including phenoxy) is 3. The summed E-state index contributed by atoms with van der Waals surface area (Å²) in [6.45, 7) is 7.89. The maximum atomic E-state index is 12.1. The summed E-state index contributed by atoms with van der Waals surface area (Å²) in [7, 11) is 0. The highest BCUT2D eigenvalue weighted by molar-refractivity contribution is 6.35. The van der Waals surface area contributed by atoms with Crippen LogP contribution in [0.2, 0.25) is 10.0 Å². The van der Waals surface area contributed by atoms with Crippen LogP contribution in [0.15, 0.2) is 67.0 Å². The number of aromatic nitrogens is 1. The van der Waals surface area contributed by atoms with Gasteiger partial charge >= 0.3 is 5.97 Å². The summed E-state index contributed by atoms with van der Waals surface area (Å²) in [6.07, 6.45) is 6.83. The number of benzene rings is 3. The van der Waals surface area contributed by atoms with E-state index in [2.05, 4.69) is 16.0 Å². The van der Waals surface area contributed by atoms with E-state index in [0.717, 1.165) is 72.2 Å². The zero-order valence-corrected chi connectivity index (χ0v) is 32.2. The van der Waals surface area contributed by atoms with Gasteiger partial charge in [-0.05, 0) is 81.0 Å². The molecule has 10 nitrogen and oxygen atoms in total. The van der Waals surface area contributed by atoms with Gasteiger partial charge in [-0.25, -0.2) is 0 Å². The molecule has 3 heterocycles. The Hall–Kier alpha value is -4.37. The van der Waals surface area contributed by atoms with Crippen molar-refractivity contribution in [2.24, 2.45) is 0 Å². The van der Waals surface area contributed by atoms with E-state index < -0.39 is 12.0 Å². The Morgan fingerprint density at radius 2 is 1.78 bits per heavy atom. The van der Waals surface area contributed by atoms with Gasteiger partial charge in [0.05, 0.1) is 27.8 Å². The van der Waals surface area contributed by atoms with E-state index in [1.54, 1.807) is 24.4 Å². The van der Waals surface area contributed by atoms with Gasteiger partial charge in [0, 0.05) is 61.3 Å². The van der Waals surface area contributed by atoms with E-state index in [0.29, 0.717) is 58.9 Å². The van der Waals surface area contributed by atoms with Crippen LogP contribution < -0.4 is 14.2 Å². The van der Waals surface area contributed by atoms with Crippen molar-refractivity contribution in [3.05, 3.63) is 105 Å². The topological polar surface area (TPSA) is 128 Å². The van der Waals surface area contributed by atoms with Gasteiger partial charge in [-0.3, -0.25) is 14.7 Å². The molecule has 0 spiro atoms. The number of carbonyl (C=O) groups is 1. The summed E-state index contributed by atoms with van der Waals surface area (Å²) in [5.41, 5.74) is 5.64. The number of rotatable bonds is 15. The number of aliphatic hydroxyl groups excluding tert-OH is 1. The zero-order chi connectivity index (χ0) is 38.2. The summed E-state index contributed by atoms with van der Waals surface area (Å²) in [6, 6.07) is 18.6. The van der Waals surface area contributed by atoms with Crippen LogP contribution in [0.1, 0.15) is 66.8 Å². The summed E-state index contributed by atoms with van der Waals surface area (Å²) in [5.74, 6) is 0.708. The fourth-order valence-electron chi connectivity index (χ4n) is 7.16. The first kappa shape index (κ1) is 39.3. The Bertz CT molecular complexity index is 1990.